The summed E-state index contributed by atoms with van der Waals surface area (Å²) in [4.78, 5) is 4.33. The molecule has 62 valence electrons. The summed E-state index contributed by atoms with van der Waals surface area (Å²) in [5, 5.41) is 0. The lowest BCUT2D eigenvalue weighted by Crippen LogP contribution is -1.86. The van der Waals surface area contributed by atoms with Crippen LogP contribution in [-0.2, 0) is 7.05 Å². The van der Waals surface area contributed by atoms with Gasteiger partial charge in [0, 0.05) is 7.05 Å². The molecular formula is C9H9BrN2. The summed E-state index contributed by atoms with van der Waals surface area (Å²) in [6.45, 7) is 2.08. The van der Waals surface area contributed by atoms with Crippen molar-refractivity contribution in [2.75, 3.05) is 0 Å². The fourth-order valence-corrected chi connectivity index (χ4v) is 1.65. The summed E-state index contributed by atoms with van der Waals surface area (Å²) in [7, 11) is 2.00. The number of halogens is 1. The first-order valence-electron chi connectivity index (χ1n) is 3.77. The number of imidazole rings is 1. The van der Waals surface area contributed by atoms with Gasteiger partial charge in [-0.15, -0.1) is 0 Å². The molecule has 2 nitrogen and oxygen atoms in total. The molecule has 12 heavy (non-hydrogen) atoms. The molecule has 1 aromatic heterocycles. The molecule has 0 spiro atoms. The van der Waals surface area contributed by atoms with E-state index in [1.165, 1.54) is 11.1 Å². The zero-order valence-electron chi connectivity index (χ0n) is 7.00. The second kappa shape index (κ2) is 2.59. The minimum Gasteiger partial charge on any atom is -0.322 e. The normalized spacial score (nSPS) is 10.9. The molecule has 0 N–H and O–H groups in total. The Bertz CT molecular complexity index is 431. The maximum absolute atomic E-state index is 4.33. The highest BCUT2D eigenvalue weighted by Crippen LogP contribution is 2.19. The lowest BCUT2D eigenvalue weighted by Gasteiger charge is -1.95. The smallest absolute Gasteiger partial charge is 0.177 e. The average molecular weight is 225 g/mol. The van der Waals surface area contributed by atoms with Crippen LogP contribution in [0.3, 0.4) is 0 Å². The van der Waals surface area contributed by atoms with Gasteiger partial charge in [-0.3, -0.25) is 0 Å². The third-order valence-electron chi connectivity index (χ3n) is 1.98. The molecule has 0 saturated carbocycles. The molecule has 3 heteroatoms. The van der Waals surface area contributed by atoms with Crippen molar-refractivity contribution in [3.8, 4) is 0 Å². The molecule has 2 aromatic rings. The molecule has 0 aliphatic rings. The van der Waals surface area contributed by atoms with Gasteiger partial charge in [0.25, 0.3) is 0 Å². The molecule has 0 saturated heterocycles. The lowest BCUT2D eigenvalue weighted by molar-refractivity contribution is 0.912. The molecule has 0 aliphatic heterocycles. The van der Waals surface area contributed by atoms with E-state index in [4.69, 9.17) is 0 Å². The van der Waals surface area contributed by atoms with Crippen LogP contribution >= 0.6 is 15.9 Å². The van der Waals surface area contributed by atoms with Crippen LogP contribution in [0.15, 0.2) is 22.9 Å². The molecule has 0 aliphatic carbocycles. The van der Waals surface area contributed by atoms with Gasteiger partial charge in [-0.2, -0.15) is 0 Å². The maximum atomic E-state index is 4.33. The average Bonchev–Trinajstić information content (AvgIpc) is 2.31. The van der Waals surface area contributed by atoms with Crippen LogP contribution in [0, 0.1) is 6.92 Å². The van der Waals surface area contributed by atoms with Crippen molar-refractivity contribution < 1.29 is 0 Å². The van der Waals surface area contributed by atoms with Gasteiger partial charge in [-0.1, -0.05) is 6.07 Å². The van der Waals surface area contributed by atoms with Crippen LogP contribution in [-0.4, -0.2) is 9.55 Å². The lowest BCUT2D eigenvalue weighted by atomic mass is 10.2. The molecule has 0 unspecified atom stereocenters. The molecule has 0 radical (unpaired) electrons. The predicted molar refractivity (Wildman–Crippen MR) is 53.2 cm³/mol. The molecule has 0 bridgehead atoms. The Kier molecular flexibility index (Phi) is 1.68. The van der Waals surface area contributed by atoms with Gasteiger partial charge in [0.2, 0.25) is 0 Å². The third kappa shape index (κ3) is 1.05. The van der Waals surface area contributed by atoms with Gasteiger partial charge in [0.05, 0.1) is 11.0 Å². The first-order valence-corrected chi connectivity index (χ1v) is 4.56. The van der Waals surface area contributed by atoms with Crippen molar-refractivity contribution in [2.24, 2.45) is 7.05 Å². The Labute approximate surface area is 79.3 Å². The van der Waals surface area contributed by atoms with Crippen molar-refractivity contribution in [3.63, 3.8) is 0 Å². The number of hydrogen-bond acceptors (Lipinski definition) is 1. The minimum absolute atomic E-state index is 0.878. The molecule has 2 rings (SSSR count). The zero-order valence-corrected chi connectivity index (χ0v) is 8.59. The summed E-state index contributed by atoms with van der Waals surface area (Å²) < 4.78 is 2.91. The predicted octanol–water partition coefficient (Wildman–Crippen LogP) is 2.64. The third-order valence-corrected chi connectivity index (χ3v) is 2.69. The number of hydrogen-bond donors (Lipinski definition) is 0. The highest BCUT2D eigenvalue weighted by Gasteiger charge is 2.03. The van der Waals surface area contributed by atoms with Crippen LogP contribution in [0.25, 0.3) is 11.0 Å². The highest BCUT2D eigenvalue weighted by atomic mass is 79.9. The van der Waals surface area contributed by atoms with E-state index >= 15 is 0 Å². The van der Waals surface area contributed by atoms with E-state index in [2.05, 4.69) is 40.0 Å². The summed E-state index contributed by atoms with van der Waals surface area (Å²) >= 11 is 3.38. The number of aromatic nitrogens is 2. The fraction of sp³-hybridized carbons (Fsp3) is 0.222. The Hall–Kier alpha value is -0.830. The minimum atomic E-state index is 0.878. The number of nitrogens with zero attached hydrogens (tertiary/aromatic N) is 2. The molecule has 0 amide bonds. The Balaban J connectivity index is 2.88. The van der Waals surface area contributed by atoms with Gasteiger partial charge >= 0.3 is 0 Å². The van der Waals surface area contributed by atoms with Gasteiger partial charge in [0.15, 0.2) is 4.73 Å². The second-order valence-electron chi connectivity index (χ2n) is 2.93. The van der Waals surface area contributed by atoms with Crippen LogP contribution in [0.1, 0.15) is 5.56 Å². The standard InChI is InChI=1S/C9H9BrN2/c1-6-3-4-7-8(5-6)12(2)9(10)11-7/h3-5H,1-2H3. The molecule has 1 aromatic carbocycles. The second-order valence-corrected chi connectivity index (χ2v) is 3.64. The Morgan fingerprint density at radius 2 is 2.17 bits per heavy atom. The largest absolute Gasteiger partial charge is 0.322 e. The summed E-state index contributed by atoms with van der Waals surface area (Å²) in [5.74, 6) is 0. The number of benzene rings is 1. The molecular weight excluding hydrogens is 216 g/mol. The first-order chi connectivity index (χ1) is 5.68. The SMILES string of the molecule is Cc1ccc2nc(Br)n(C)c2c1. The van der Waals surface area contributed by atoms with Crippen LogP contribution in [0.5, 0.6) is 0 Å². The van der Waals surface area contributed by atoms with Crippen LogP contribution in [0.4, 0.5) is 0 Å². The Morgan fingerprint density at radius 1 is 1.42 bits per heavy atom. The van der Waals surface area contributed by atoms with E-state index in [1.807, 2.05) is 17.7 Å². The Morgan fingerprint density at radius 3 is 2.92 bits per heavy atom. The molecule has 0 fully saturated rings. The van der Waals surface area contributed by atoms with E-state index in [9.17, 15) is 0 Å². The summed E-state index contributed by atoms with van der Waals surface area (Å²) in [6.07, 6.45) is 0. The van der Waals surface area contributed by atoms with Gasteiger partial charge in [-0.05, 0) is 40.5 Å². The van der Waals surface area contributed by atoms with E-state index < -0.39 is 0 Å². The first kappa shape index (κ1) is 7.80. The van der Waals surface area contributed by atoms with Gasteiger partial charge in [0.1, 0.15) is 0 Å². The van der Waals surface area contributed by atoms with E-state index in [0.717, 1.165) is 10.3 Å². The van der Waals surface area contributed by atoms with E-state index in [0.29, 0.717) is 0 Å². The van der Waals surface area contributed by atoms with E-state index in [1.54, 1.807) is 0 Å². The topological polar surface area (TPSA) is 17.8 Å². The van der Waals surface area contributed by atoms with Crippen molar-refractivity contribution in [3.05, 3.63) is 28.5 Å². The van der Waals surface area contributed by atoms with Crippen LogP contribution < -0.4 is 0 Å². The molecule has 1 heterocycles. The zero-order chi connectivity index (χ0) is 8.72. The highest BCUT2D eigenvalue weighted by molar-refractivity contribution is 9.10. The number of aryl methyl sites for hydroxylation is 2. The number of fused-ring (bicyclic) bond motifs is 1. The number of rotatable bonds is 0. The van der Waals surface area contributed by atoms with Gasteiger partial charge in [-0.25, -0.2) is 4.98 Å². The summed E-state index contributed by atoms with van der Waals surface area (Å²) in [5.41, 5.74) is 3.47. The van der Waals surface area contributed by atoms with E-state index in [-0.39, 0.29) is 0 Å². The fourth-order valence-electron chi connectivity index (χ4n) is 1.27. The summed E-state index contributed by atoms with van der Waals surface area (Å²) in [6, 6.07) is 6.24. The van der Waals surface area contributed by atoms with Crippen molar-refractivity contribution in [1.82, 2.24) is 9.55 Å². The molecule has 0 atom stereocenters. The van der Waals surface area contributed by atoms with Crippen molar-refractivity contribution >= 4 is 27.0 Å². The monoisotopic (exact) mass is 224 g/mol. The van der Waals surface area contributed by atoms with Gasteiger partial charge < -0.3 is 4.57 Å². The van der Waals surface area contributed by atoms with Crippen molar-refractivity contribution in [1.29, 1.82) is 0 Å². The van der Waals surface area contributed by atoms with Crippen LogP contribution in [0.2, 0.25) is 0 Å². The quantitative estimate of drug-likeness (QED) is 0.673. The maximum Gasteiger partial charge on any atom is 0.177 e. The van der Waals surface area contributed by atoms with Crippen molar-refractivity contribution in [2.45, 2.75) is 6.92 Å².